The Hall–Kier alpha value is -2.04. The van der Waals surface area contributed by atoms with Crippen molar-refractivity contribution in [1.29, 1.82) is 0 Å². The number of benzene rings is 1. The lowest BCUT2D eigenvalue weighted by atomic mass is 9.49. The first-order valence-corrected chi connectivity index (χ1v) is 12.6. The molecule has 1 heterocycles. The maximum absolute atomic E-state index is 13.1. The first-order chi connectivity index (χ1) is 15.4. The molecule has 1 aromatic carbocycles. The van der Waals surface area contributed by atoms with Gasteiger partial charge in [0.25, 0.3) is 5.91 Å². The summed E-state index contributed by atoms with van der Waals surface area (Å²) in [5.74, 6) is 3.67. The summed E-state index contributed by atoms with van der Waals surface area (Å²) in [6.07, 6.45) is 10.6. The van der Waals surface area contributed by atoms with Gasteiger partial charge in [-0.3, -0.25) is 9.59 Å². The normalized spacial score (nSPS) is 31.6. The molecule has 0 unspecified atom stereocenters. The minimum absolute atomic E-state index is 0.0354. The lowest BCUT2D eigenvalue weighted by Crippen LogP contribution is -2.51. The fourth-order valence-corrected chi connectivity index (χ4v) is 7.43. The predicted molar refractivity (Wildman–Crippen MR) is 124 cm³/mol. The number of rotatable bonds is 6. The summed E-state index contributed by atoms with van der Waals surface area (Å²) in [6, 6.07) is 6.02. The zero-order chi connectivity index (χ0) is 22.3. The predicted octanol–water partition coefficient (Wildman–Crippen LogP) is 4.40. The molecular formula is C27H38N2O3. The highest BCUT2D eigenvalue weighted by atomic mass is 16.5. The average molecular weight is 439 g/mol. The van der Waals surface area contributed by atoms with Crippen molar-refractivity contribution in [3.05, 3.63) is 29.3 Å². The number of hydrogen-bond donors (Lipinski definition) is 1. The number of carbonyl (C=O) groups is 2. The van der Waals surface area contributed by atoms with Crippen LogP contribution >= 0.6 is 0 Å². The van der Waals surface area contributed by atoms with Crippen LogP contribution in [0, 0.1) is 37.0 Å². The molecule has 1 saturated heterocycles. The van der Waals surface area contributed by atoms with E-state index in [4.69, 9.17) is 4.74 Å². The number of likely N-dealkylation sites (tertiary alicyclic amines) is 1. The van der Waals surface area contributed by atoms with Crippen molar-refractivity contribution in [2.24, 2.45) is 23.2 Å². The van der Waals surface area contributed by atoms with Gasteiger partial charge in [0.15, 0.2) is 6.61 Å². The highest BCUT2D eigenvalue weighted by Gasteiger charge is 2.51. The summed E-state index contributed by atoms with van der Waals surface area (Å²) in [6.45, 7) is 5.66. The Morgan fingerprint density at radius 3 is 2.22 bits per heavy atom. The van der Waals surface area contributed by atoms with Gasteiger partial charge in [-0.1, -0.05) is 6.07 Å². The van der Waals surface area contributed by atoms with Crippen molar-refractivity contribution in [2.45, 2.75) is 77.7 Å². The summed E-state index contributed by atoms with van der Waals surface area (Å²) in [5, 5.41) is 3.10. The number of hydrogen-bond acceptors (Lipinski definition) is 3. The first-order valence-electron chi connectivity index (χ1n) is 12.6. The quantitative estimate of drug-likeness (QED) is 0.716. The molecule has 32 heavy (non-hydrogen) atoms. The number of piperidine rings is 1. The number of ether oxygens (including phenoxy) is 1. The van der Waals surface area contributed by atoms with E-state index in [-0.39, 0.29) is 18.6 Å². The topological polar surface area (TPSA) is 58.6 Å². The number of nitrogens with one attached hydrogen (secondary N) is 1. The zero-order valence-corrected chi connectivity index (χ0v) is 19.7. The highest BCUT2D eigenvalue weighted by molar-refractivity contribution is 5.78. The summed E-state index contributed by atoms with van der Waals surface area (Å²) in [7, 11) is 0. The summed E-state index contributed by atoms with van der Waals surface area (Å²) in [5.41, 5.74) is 2.68. The van der Waals surface area contributed by atoms with Crippen molar-refractivity contribution in [1.82, 2.24) is 10.2 Å². The van der Waals surface area contributed by atoms with Gasteiger partial charge in [0.2, 0.25) is 5.91 Å². The molecule has 1 aromatic rings. The van der Waals surface area contributed by atoms with Crippen LogP contribution in [0.4, 0.5) is 0 Å². The van der Waals surface area contributed by atoms with E-state index in [9.17, 15) is 9.59 Å². The summed E-state index contributed by atoms with van der Waals surface area (Å²) < 4.78 is 5.66. The largest absolute Gasteiger partial charge is 0.484 e. The number of amides is 2. The molecule has 0 spiro atoms. The van der Waals surface area contributed by atoms with E-state index in [1.165, 1.54) is 44.1 Å². The highest BCUT2D eigenvalue weighted by Crippen LogP contribution is 2.61. The Bertz CT molecular complexity index is 836. The Kier molecular flexibility index (Phi) is 5.94. The molecular weight excluding hydrogens is 400 g/mol. The molecule has 5 aliphatic rings. The second-order valence-corrected chi connectivity index (χ2v) is 11.4. The first kappa shape index (κ1) is 21.8. The minimum Gasteiger partial charge on any atom is -0.484 e. The van der Waals surface area contributed by atoms with Crippen LogP contribution in [-0.4, -0.2) is 42.5 Å². The molecule has 5 fully saturated rings. The number of nitrogens with zero attached hydrogens (tertiary/aromatic N) is 1. The van der Waals surface area contributed by atoms with E-state index < -0.39 is 0 Å². The number of aryl methyl sites for hydroxylation is 2. The zero-order valence-electron chi connectivity index (χ0n) is 19.7. The minimum atomic E-state index is -0.0819. The molecule has 0 radical (unpaired) electrons. The fraction of sp³-hybridized carbons (Fsp3) is 0.704. The van der Waals surface area contributed by atoms with Crippen LogP contribution in [-0.2, 0) is 9.59 Å². The monoisotopic (exact) mass is 438 g/mol. The molecule has 5 heteroatoms. The van der Waals surface area contributed by atoms with E-state index in [0.29, 0.717) is 11.3 Å². The van der Waals surface area contributed by atoms with Crippen molar-refractivity contribution < 1.29 is 14.3 Å². The molecule has 4 aliphatic carbocycles. The molecule has 0 atom stereocenters. The van der Waals surface area contributed by atoms with E-state index in [1.54, 1.807) is 0 Å². The molecule has 4 bridgehead atoms. The van der Waals surface area contributed by atoms with E-state index in [1.807, 2.05) is 25.1 Å². The average Bonchev–Trinajstić information content (AvgIpc) is 2.74. The molecule has 1 N–H and O–H groups in total. The van der Waals surface area contributed by atoms with Crippen molar-refractivity contribution >= 4 is 11.8 Å². The Labute approximate surface area is 192 Å². The van der Waals surface area contributed by atoms with Gasteiger partial charge in [0.1, 0.15) is 5.75 Å². The Morgan fingerprint density at radius 2 is 1.62 bits per heavy atom. The summed E-state index contributed by atoms with van der Waals surface area (Å²) >= 11 is 0. The van der Waals surface area contributed by atoms with Crippen LogP contribution in [0.1, 0.15) is 68.9 Å². The van der Waals surface area contributed by atoms with Gasteiger partial charge in [0.05, 0.1) is 0 Å². The second-order valence-electron chi connectivity index (χ2n) is 11.4. The maximum atomic E-state index is 13.1. The van der Waals surface area contributed by atoms with E-state index in [0.717, 1.165) is 61.4 Å². The third-order valence-corrected chi connectivity index (χ3v) is 8.75. The molecule has 6 rings (SSSR count). The molecule has 0 aromatic heterocycles. The van der Waals surface area contributed by atoms with Gasteiger partial charge in [-0.05, 0) is 112 Å². The van der Waals surface area contributed by atoms with Gasteiger partial charge in [-0.15, -0.1) is 0 Å². The van der Waals surface area contributed by atoms with Gasteiger partial charge >= 0.3 is 0 Å². The van der Waals surface area contributed by atoms with Crippen LogP contribution in [0.25, 0.3) is 0 Å². The molecule has 5 nitrogen and oxygen atoms in total. The van der Waals surface area contributed by atoms with Gasteiger partial charge in [0, 0.05) is 25.6 Å². The van der Waals surface area contributed by atoms with Gasteiger partial charge in [-0.25, -0.2) is 0 Å². The summed E-state index contributed by atoms with van der Waals surface area (Å²) in [4.78, 5) is 27.6. The number of carbonyl (C=O) groups excluding carboxylic acids is 2. The maximum Gasteiger partial charge on any atom is 0.258 e. The van der Waals surface area contributed by atoms with Crippen molar-refractivity contribution in [3.8, 4) is 5.75 Å². The van der Waals surface area contributed by atoms with Gasteiger partial charge < -0.3 is 15.0 Å². The molecule has 4 saturated carbocycles. The standard InChI is InChI=1S/C27H38N2O3/c1-18-3-4-24(9-19(18)2)32-17-25(30)28-23-5-7-29(8-6-23)26(31)16-27-13-20-10-21(14-27)12-22(11-20)15-27/h3-4,9,20-23H,5-8,10-17H2,1-2H3,(H,28,30). The van der Waals surface area contributed by atoms with Crippen molar-refractivity contribution in [3.63, 3.8) is 0 Å². The van der Waals surface area contributed by atoms with Crippen LogP contribution < -0.4 is 10.1 Å². The lowest BCUT2D eigenvalue weighted by molar-refractivity contribution is -0.140. The molecule has 2 amide bonds. The Balaban J connectivity index is 1.05. The molecule has 174 valence electrons. The molecule has 1 aliphatic heterocycles. The Morgan fingerprint density at radius 1 is 1.00 bits per heavy atom. The third-order valence-electron chi connectivity index (χ3n) is 8.75. The van der Waals surface area contributed by atoms with Crippen molar-refractivity contribution in [2.75, 3.05) is 19.7 Å². The van der Waals surface area contributed by atoms with Crippen LogP contribution in [0.5, 0.6) is 5.75 Å². The third kappa shape index (κ3) is 4.67. The van der Waals surface area contributed by atoms with Crippen LogP contribution in [0.2, 0.25) is 0 Å². The van der Waals surface area contributed by atoms with Crippen LogP contribution in [0.15, 0.2) is 18.2 Å². The van der Waals surface area contributed by atoms with E-state index in [2.05, 4.69) is 17.1 Å². The second kappa shape index (κ2) is 8.72. The van der Waals surface area contributed by atoms with Crippen LogP contribution in [0.3, 0.4) is 0 Å². The fourth-order valence-electron chi connectivity index (χ4n) is 7.43. The SMILES string of the molecule is Cc1ccc(OCC(=O)NC2CCN(C(=O)CC34CC5CC(CC(C5)C3)C4)CC2)cc1C. The van der Waals surface area contributed by atoms with Gasteiger partial charge in [-0.2, -0.15) is 0 Å². The smallest absolute Gasteiger partial charge is 0.258 e. The lowest BCUT2D eigenvalue weighted by Gasteiger charge is -2.57. The van der Waals surface area contributed by atoms with E-state index >= 15 is 0 Å².